The van der Waals surface area contributed by atoms with Crippen LogP contribution in [0, 0.1) is 17.7 Å². The summed E-state index contributed by atoms with van der Waals surface area (Å²) in [6.07, 6.45) is 0. The lowest BCUT2D eigenvalue weighted by molar-refractivity contribution is 0.253. The van der Waals surface area contributed by atoms with E-state index in [1.54, 1.807) is 12.1 Å². The summed E-state index contributed by atoms with van der Waals surface area (Å²) < 4.78 is 19.1. The van der Waals surface area contributed by atoms with Gasteiger partial charge in [-0.1, -0.05) is 60.4 Å². The van der Waals surface area contributed by atoms with Gasteiger partial charge >= 0.3 is 6.03 Å². The highest BCUT2D eigenvalue weighted by Crippen LogP contribution is 2.24. The van der Waals surface area contributed by atoms with Crippen molar-refractivity contribution in [2.24, 2.45) is 0 Å². The lowest BCUT2D eigenvalue weighted by Crippen LogP contribution is -2.29. The van der Waals surface area contributed by atoms with Crippen molar-refractivity contribution in [3.8, 4) is 17.6 Å². The van der Waals surface area contributed by atoms with E-state index in [2.05, 4.69) is 22.5 Å². The summed E-state index contributed by atoms with van der Waals surface area (Å²) in [4.78, 5) is 11.7. The average molecular weight is 348 g/mol. The van der Waals surface area contributed by atoms with Crippen molar-refractivity contribution in [3.05, 3.63) is 72.5 Å². The molecule has 0 spiro atoms. The Morgan fingerprint density at radius 2 is 1.73 bits per heavy atom. The first-order valence-electron chi connectivity index (χ1n) is 8.10. The number of rotatable bonds is 4. The Morgan fingerprint density at radius 3 is 2.62 bits per heavy atom. The van der Waals surface area contributed by atoms with E-state index >= 15 is 0 Å². The van der Waals surface area contributed by atoms with Crippen molar-refractivity contribution in [3.63, 3.8) is 0 Å². The van der Waals surface area contributed by atoms with Crippen molar-refractivity contribution in [1.82, 2.24) is 5.32 Å². The van der Waals surface area contributed by atoms with Crippen LogP contribution in [0.3, 0.4) is 0 Å². The number of carbonyl (C=O) groups excluding carboxylic acids is 1. The maximum absolute atomic E-state index is 13.4. The second kappa shape index (κ2) is 8.54. The summed E-state index contributed by atoms with van der Waals surface area (Å²) in [5.41, 5.74) is 0.122. The number of carbonyl (C=O) groups is 1. The highest BCUT2D eigenvalue weighted by molar-refractivity contribution is 5.89. The van der Waals surface area contributed by atoms with Crippen LogP contribution in [0.5, 0.6) is 5.75 Å². The molecule has 2 amide bonds. The van der Waals surface area contributed by atoms with Crippen LogP contribution in [-0.2, 0) is 0 Å². The third-order valence-electron chi connectivity index (χ3n) is 3.63. The highest BCUT2D eigenvalue weighted by Gasteiger charge is 2.04. The van der Waals surface area contributed by atoms with Gasteiger partial charge in [0.1, 0.15) is 18.2 Å². The lowest BCUT2D eigenvalue weighted by Gasteiger charge is -2.06. The number of benzene rings is 3. The zero-order valence-corrected chi connectivity index (χ0v) is 14.0. The Balaban J connectivity index is 1.46. The van der Waals surface area contributed by atoms with E-state index < -0.39 is 11.8 Å². The third kappa shape index (κ3) is 4.52. The highest BCUT2D eigenvalue weighted by atomic mass is 19.1. The van der Waals surface area contributed by atoms with Gasteiger partial charge in [0, 0.05) is 5.39 Å². The second-order valence-corrected chi connectivity index (χ2v) is 5.41. The van der Waals surface area contributed by atoms with Gasteiger partial charge in [-0.2, -0.15) is 0 Å². The van der Waals surface area contributed by atoms with E-state index in [1.807, 2.05) is 42.5 Å². The summed E-state index contributed by atoms with van der Waals surface area (Å²) >= 11 is 0. The molecule has 3 aromatic carbocycles. The van der Waals surface area contributed by atoms with Gasteiger partial charge in [-0.25, -0.2) is 9.18 Å². The molecule has 0 aromatic heterocycles. The van der Waals surface area contributed by atoms with E-state index in [0.717, 1.165) is 16.5 Å². The van der Waals surface area contributed by atoms with Crippen molar-refractivity contribution in [2.45, 2.75) is 0 Å². The Labute approximate surface area is 151 Å². The quantitative estimate of drug-likeness (QED) is 0.695. The van der Waals surface area contributed by atoms with Crippen LogP contribution in [0.1, 0.15) is 0 Å². The number of para-hydroxylation sites is 1. The second-order valence-electron chi connectivity index (χ2n) is 5.41. The van der Waals surface area contributed by atoms with Crippen LogP contribution in [0.4, 0.5) is 14.9 Å². The SMILES string of the molecule is O=C(NCC#CCOc1cccc2ccccc12)Nc1ccccc1F. The molecule has 3 aromatic rings. The molecule has 0 unspecified atom stereocenters. The Kier molecular flexibility index (Phi) is 5.69. The minimum absolute atomic E-state index is 0.122. The monoisotopic (exact) mass is 348 g/mol. The molecule has 0 aliphatic carbocycles. The first kappa shape index (κ1) is 17.3. The van der Waals surface area contributed by atoms with E-state index in [9.17, 15) is 9.18 Å². The molecular formula is C21H17FN2O2. The smallest absolute Gasteiger partial charge is 0.320 e. The standard InChI is InChI=1S/C21H17FN2O2/c22-18-11-3-4-12-19(18)24-21(25)23-14-5-6-15-26-20-13-7-9-16-8-1-2-10-17(16)20/h1-4,7-13H,14-15H2,(H2,23,24,25). The Hall–Kier alpha value is -3.52. The lowest BCUT2D eigenvalue weighted by atomic mass is 10.1. The zero-order valence-electron chi connectivity index (χ0n) is 14.0. The maximum atomic E-state index is 13.4. The van der Waals surface area contributed by atoms with Crippen LogP contribution < -0.4 is 15.4 Å². The fraction of sp³-hybridized carbons (Fsp3) is 0.0952. The van der Waals surface area contributed by atoms with Gasteiger partial charge in [-0.3, -0.25) is 0 Å². The molecule has 4 nitrogen and oxygen atoms in total. The van der Waals surface area contributed by atoms with Crippen LogP contribution in [0.25, 0.3) is 10.8 Å². The third-order valence-corrected chi connectivity index (χ3v) is 3.63. The van der Waals surface area contributed by atoms with Crippen molar-refractivity contribution in [1.29, 1.82) is 0 Å². The number of urea groups is 1. The van der Waals surface area contributed by atoms with Gasteiger partial charge in [-0.15, -0.1) is 0 Å². The van der Waals surface area contributed by atoms with Crippen molar-refractivity contribution in [2.75, 3.05) is 18.5 Å². The van der Waals surface area contributed by atoms with Crippen molar-refractivity contribution >= 4 is 22.5 Å². The summed E-state index contributed by atoms with van der Waals surface area (Å²) in [6, 6.07) is 19.2. The molecule has 5 heteroatoms. The molecule has 26 heavy (non-hydrogen) atoms. The summed E-state index contributed by atoms with van der Waals surface area (Å²) in [5, 5.41) is 7.09. The predicted octanol–water partition coefficient (Wildman–Crippen LogP) is 4.18. The molecule has 0 heterocycles. The zero-order chi connectivity index (χ0) is 18.2. The van der Waals surface area contributed by atoms with Gasteiger partial charge in [0.25, 0.3) is 0 Å². The molecule has 0 aliphatic heterocycles. The van der Waals surface area contributed by atoms with Gasteiger partial charge < -0.3 is 15.4 Å². The van der Waals surface area contributed by atoms with E-state index in [-0.39, 0.29) is 18.8 Å². The molecular weight excluding hydrogens is 331 g/mol. The predicted molar refractivity (Wildman–Crippen MR) is 101 cm³/mol. The Bertz CT molecular complexity index is 971. The van der Waals surface area contributed by atoms with Crippen LogP contribution in [0.2, 0.25) is 0 Å². The number of hydrogen-bond acceptors (Lipinski definition) is 2. The number of halogens is 1. The normalized spacial score (nSPS) is 9.88. The van der Waals surface area contributed by atoms with Gasteiger partial charge in [0.2, 0.25) is 0 Å². The topological polar surface area (TPSA) is 50.4 Å². The minimum atomic E-state index is -0.514. The fourth-order valence-corrected chi connectivity index (χ4v) is 2.40. The number of hydrogen-bond donors (Lipinski definition) is 2. The molecule has 2 N–H and O–H groups in total. The number of amides is 2. The molecule has 0 saturated heterocycles. The average Bonchev–Trinajstić information content (AvgIpc) is 2.66. The van der Waals surface area contributed by atoms with E-state index in [4.69, 9.17) is 4.74 Å². The van der Waals surface area contributed by atoms with Crippen LogP contribution in [-0.4, -0.2) is 19.2 Å². The first-order chi connectivity index (χ1) is 12.7. The summed E-state index contributed by atoms with van der Waals surface area (Å²) in [6.45, 7) is 0.351. The molecule has 3 rings (SSSR count). The van der Waals surface area contributed by atoms with E-state index in [0.29, 0.717) is 0 Å². The van der Waals surface area contributed by atoms with Crippen LogP contribution >= 0.6 is 0 Å². The molecule has 0 aliphatic rings. The molecule has 0 radical (unpaired) electrons. The molecule has 130 valence electrons. The fourth-order valence-electron chi connectivity index (χ4n) is 2.40. The summed E-state index contributed by atoms with van der Waals surface area (Å²) in [7, 11) is 0. The Morgan fingerprint density at radius 1 is 0.962 bits per heavy atom. The number of ether oxygens (including phenoxy) is 1. The van der Waals surface area contributed by atoms with Gasteiger partial charge in [-0.05, 0) is 23.6 Å². The maximum Gasteiger partial charge on any atom is 0.320 e. The number of nitrogens with one attached hydrogen (secondary N) is 2. The van der Waals surface area contributed by atoms with E-state index in [1.165, 1.54) is 12.1 Å². The number of anilines is 1. The number of fused-ring (bicyclic) bond motifs is 1. The minimum Gasteiger partial charge on any atom is -0.480 e. The molecule has 0 saturated carbocycles. The molecule has 0 fully saturated rings. The van der Waals surface area contributed by atoms with Crippen molar-refractivity contribution < 1.29 is 13.9 Å². The first-order valence-corrected chi connectivity index (χ1v) is 8.10. The van der Waals surface area contributed by atoms with Gasteiger partial charge in [0.15, 0.2) is 0 Å². The van der Waals surface area contributed by atoms with Crippen LogP contribution in [0.15, 0.2) is 66.7 Å². The molecule has 0 atom stereocenters. The largest absolute Gasteiger partial charge is 0.480 e. The molecule has 0 bridgehead atoms. The van der Waals surface area contributed by atoms with Gasteiger partial charge in [0.05, 0.1) is 12.2 Å². The summed E-state index contributed by atoms with van der Waals surface area (Å²) in [5.74, 6) is 5.91.